The van der Waals surface area contributed by atoms with E-state index in [-0.39, 0.29) is 17.1 Å². The summed E-state index contributed by atoms with van der Waals surface area (Å²) >= 11 is 9.05. The number of esters is 1. The summed E-state index contributed by atoms with van der Waals surface area (Å²) < 4.78 is 5.42. The van der Waals surface area contributed by atoms with Crippen molar-refractivity contribution in [3.63, 3.8) is 0 Å². The molecule has 8 heteroatoms. The Morgan fingerprint density at radius 3 is 2.76 bits per heavy atom. The van der Waals surface area contributed by atoms with Crippen LogP contribution in [-0.2, 0) is 9.53 Å². The Hall–Kier alpha value is -1.86. The Kier molecular flexibility index (Phi) is 6.90. The van der Waals surface area contributed by atoms with Crippen LogP contribution in [-0.4, -0.2) is 31.1 Å². The average molecular weight is 376 g/mol. The maximum atomic E-state index is 11.8. The number of urea groups is 1. The van der Waals surface area contributed by atoms with Gasteiger partial charge in [-0.3, -0.25) is 10.1 Å². The molecule has 0 saturated heterocycles. The van der Waals surface area contributed by atoms with E-state index >= 15 is 0 Å². The first-order valence-corrected chi connectivity index (χ1v) is 6.92. The van der Waals surface area contributed by atoms with Gasteiger partial charge in [0.1, 0.15) is 0 Å². The Morgan fingerprint density at radius 1 is 1.38 bits per heavy atom. The second kappa shape index (κ2) is 8.43. The number of carbonyl (C=O) groups is 3. The van der Waals surface area contributed by atoms with E-state index < -0.39 is 24.5 Å². The van der Waals surface area contributed by atoms with Crippen molar-refractivity contribution in [2.45, 2.75) is 0 Å². The topological polar surface area (TPSA) is 84.5 Å². The van der Waals surface area contributed by atoms with E-state index in [1.54, 1.807) is 6.07 Å². The molecule has 1 rings (SSSR count). The second-order valence-electron chi connectivity index (χ2n) is 3.75. The van der Waals surface area contributed by atoms with Crippen molar-refractivity contribution < 1.29 is 19.1 Å². The molecule has 0 unspecified atom stereocenters. The molecule has 0 aliphatic rings. The summed E-state index contributed by atoms with van der Waals surface area (Å²) in [4.78, 5) is 34.3. The first kappa shape index (κ1) is 17.2. The SMILES string of the molecule is C=CCNC(=O)NC(=O)COC(=O)c1cc(Br)ccc1Cl. The fraction of sp³-hybridized carbons (Fsp3) is 0.154. The van der Waals surface area contributed by atoms with Crippen LogP contribution in [0.15, 0.2) is 35.3 Å². The van der Waals surface area contributed by atoms with Gasteiger partial charge < -0.3 is 10.1 Å². The van der Waals surface area contributed by atoms with Gasteiger partial charge in [-0.05, 0) is 18.2 Å². The maximum Gasteiger partial charge on any atom is 0.340 e. The largest absolute Gasteiger partial charge is 0.452 e. The highest BCUT2D eigenvalue weighted by atomic mass is 79.9. The number of hydrogen-bond acceptors (Lipinski definition) is 4. The number of hydrogen-bond donors (Lipinski definition) is 2. The van der Waals surface area contributed by atoms with E-state index in [0.29, 0.717) is 4.47 Å². The number of benzene rings is 1. The summed E-state index contributed by atoms with van der Waals surface area (Å²) in [5.74, 6) is -1.51. The summed E-state index contributed by atoms with van der Waals surface area (Å²) in [7, 11) is 0. The third kappa shape index (κ3) is 5.97. The molecule has 0 saturated carbocycles. The Labute approximate surface area is 134 Å². The van der Waals surface area contributed by atoms with Gasteiger partial charge in [0, 0.05) is 11.0 Å². The Bertz CT molecular complexity index is 577. The van der Waals surface area contributed by atoms with Gasteiger partial charge in [-0.1, -0.05) is 33.6 Å². The zero-order chi connectivity index (χ0) is 15.8. The first-order chi connectivity index (χ1) is 9.93. The average Bonchev–Trinajstić information content (AvgIpc) is 2.45. The molecule has 21 heavy (non-hydrogen) atoms. The fourth-order valence-corrected chi connectivity index (χ4v) is 1.79. The van der Waals surface area contributed by atoms with Crippen molar-refractivity contribution >= 4 is 45.4 Å². The van der Waals surface area contributed by atoms with Gasteiger partial charge in [-0.15, -0.1) is 6.58 Å². The zero-order valence-electron chi connectivity index (χ0n) is 10.8. The van der Waals surface area contributed by atoms with E-state index in [1.165, 1.54) is 18.2 Å². The lowest BCUT2D eigenvalue weighted by molar-refractivity contribution is -0.123. The molecule has 0 spiro atoms. The van der Waals surface area contributed by atoms with Gasteiger partial charge in [0.25, 0.3) is 5.91 Å². The second-order valence-corrected chi connectivity index (χ2v) is 5.07. The van der Waals surface area contributed by atoms with Crippen molar-refractivity contribution in [2.24, 2.45) is 0 Å². The normalized spacial score (nSPS) is 9.62. The van der Waals surface area contributed by atoms with E-state index in [4.69, 9.17) is 16.3 Å². The molecule has 0 aliphatic heterocycles. The molecule has 3 amide bonds. The smallest absolute Gasteiger partial charge is 0.340 e. The number of carbonyl (C=O) groups excluding carboxylic acids is 3. The third-order valence-electron chi connectivity index (χ3n) is 2.14. The summed E-state index contributed by atoms with van der Waals surface area (Å²) in [6.45, 7) is 3.03. The minimum atomic E-state index is -0.761. The lowest BCUT2D eigenvalue weighted by atomic mass is 10.2. The van der Waals surface area contributed by atoms with Gasteiger partial charge in [0.15, 0.2) is 6.61 Å². The van der Waals surface area contributed by atoms with Gasteiger partial charge in [0.05, 0.1) is 10.6 Å². The molecular weight excluding hydrogens is 364 g/mol. The molecule has 112 valence electrons. The van der Waals surface area contributed by atoms with E-state index in [9.17, 15) is 14.4 Å². The van der Waals surface area contributed by atoms with Crippen molar-refractivity contribution in [3.05, 3.63) is 45.9 Å². The maximum absolute atomic E-state index is 11.8. The molecule has 0 bridgehead atoms. The summed E-state index contributed by atoms with van der Waals surface area (Å²) in [5, 5.41) is 4.53. The molecule has 2 N–H and O–H groups in total. The van der Waals surface area contributed by atoms with Crippen molar-refractivity contribution in [1.82, 2.24) is 10.6 Å². The number of rotatable bonds is 5. The lowest BCUT2D eigenvalue weighted by Crippen LogP contribution is -2.41. The number of ether oxygens (including phenoxy) is 1. The minimum absolute atomic E-state index is 0.120. The highest BCUT2D eigenvalue weighted by Gasteiger charge is 2.15. The van der Waals surface area contributed by atoms with Crippen LogP contribution in [0.3, 0.4) is 0 Å². The third-order valence-corrected chi connectivity index (χ3v) is 2.97. The summed E-state index contributed by atoms with van der Waals surface area (Å²) in [6.07, 6.45) is 1.46. The van der Waals surface area contributed by atoms with Crippen molar-refractivity contribution in [3.8, 4) is 0 Å². The van der Waals surface area contributed by atoms with Crippen molar-refractivity contribution in [2.75, 3.05) is 13.2 Å². The predicted molar refractivity (Wildman–Crippen MR) is 81.2 cm³/mol. The van der Waals surface area contributed by atoms with Gasteiger partial charge >= 0.3 is 12.0 Å². The van der Waals surface area contributed by atoms with E-state index in [1.807, 2.05) is 5.32 Å². The number of nitrogens with one attached hydrogen (secondary N) is 2. The quantitative estimate of drug-likeness (QED) is 0.611. The molecule has 0 heterocycles. The number of imide groups is 1. The van der Waals surface area contributed by atoms with Crippen LogP contribution < -0.4 is 10.6 Å². The van der Waals surface area contributed by atoms with Crippen LogP contribution in [0.25, 0.3) is 0 Å². The number of amides is 3. The Morgan fingerprint density at radius 2 is 2.10 bits per heavy atom. The predicted octanol–water partition coefficient (Wildman–Crippen LogP) is 2.27. The van der Waals surface area contributed by atoms with Crippen LogP contribution >= 0.6 is 27.5 Å². The fourth-order valence-electron chi connectivity index (χ4n) is 1.23. The van der Waals surface area contributed by atoms with Gasteiger partial charge in [0.2, 0.25) is 0 Å². The van der Waals surface area contributed by atoms with E-state index in [0.717, 1.165) is 0 Å². The molecule has 0 radical (unpaired) electrons. The number of halogens is 2. The van der Waals surface area contributed by atoms with Gasteiger partial charge in [-0.2, -0.15) is 0 Å². The van der Waals surface area contributed by atoms with E-state index in [2.05, 4.69) is 27.8 Å². The van der Waals surface area contributed by atoms with Crippen LogP contribution in [0.4, 0.5) is 4.79 Å². The Balaban J connectivity index is 2.49. The van der Waals surface area contributed by atoms with Crippen LogP contribution in [0.2, 0.25) is 5.02 Å². The monoisotopic (exact) mass is 374 g/mol. The lowest BCUT2D eigenvalue weighted by Gasteiger charge is -2.07. The summed E-state index contributed by atoms with van der Waals surface area (Å²) in [6, 6.07) is 3.96. The molecule has 0 fully saturated rings. The highest BCUT2D eigenvalue weighted by molar-refractivity contribution is 9.10. The highest BCUT2D eigenvalue weighted by Crippen LogP contribution is 2.21. The molecule has 6 nitrogen and oxygen atoms in total. The first-order valence-electron chi connectivity index (χ1n) is 5.74. The van der Waals surface area contributed by atoms with Crippen molar-refractivity contribution in [1.29, 1.82) is 0 Å². The van der Waals surface area contributed by atoms with Crippen LogP contribution in [0.5, 0.6) is 0 Å². The zero-order valence-corrected chi connectivity index (χ0v) is 13.2. The molecule has 1 aromatic carbocycles. The molecular formula is C13H12BrClN2O4. The van der Waals surface area contributed by atoms with Gasteiger partial charge in [-0.25, -0.2) is 9.59 Å². The van der Waals surface area contributed by atoms with Crippen LogP contribution in [0, 0.1) is 0 Å². The minimum Gasteiger partial charge on any atom is -0.452 e. The van der Waals surface area contributed by atoms with Crippen LogP contribution in [0.1, 0.15) is 10.4 Å². The molecule has 0 aliphatic carbocycles. The molecule has 0 atom stereocenters. The molecule has 0 aromatic heterocycles. The summed E-state index contributed by atoms with van der Waals surface area (Å²) in [5.41, 5.74) is 0.120. The standard InChI is InChI=1S/C13H12BrClN2O4/c1-2-5-16-13(20)17-11(18)7-21-12(19)9-6-8(14)3-4-10(9)15/h2-4,6H,1,5,7H2,(H2,16,17,18,20). The molecule has 1 aromatic rings.